The van der Waals surface area contributed by atoms with Gasteiger partial charge in [-0.15, -0.1) is 24.8 Å². The third-order valence-corrected chi connectivity index (χ3v) is 18.7. The summed E-state index contributed by atoms with van der Waals surface area (Å²) in [6, 6.07) is 26.3. The van der Waals surface area contributed by atoms with Crippen LogP contribution in [0.2, 0.25) is 0 Å². The molecule has 4 aromatic rings. The van der Waals surface area contributed by atoms with E-state index in [1.54, 1.807) is 15.3 Å². The van der Waals surface area contributed by atoms with Gasteiger partial charge in [0.2, 0.25) is 0 Å². The molecule has 4 aromatic carbocycles. The summed E-state index contributed by atoms with van der Waals surface area (Å²) >= 11 is 2.12. The fraction of sp³-hybridized carbons (Fsp3) is 0.293. The molecule has 0 saturated carbocycles. The van der Waals surface area contributed by atoms with E-state index in [9.17, 15) is 0 Å². The fourth-order valence-corrected chi connectivity index (χ4v) is 16.4. The first-order valence-corrected chi connectivity index (χ1v) is 21.5. The zero-order chi connectivity index (χ0) is 31.6. The molecule has 0 amide bonds. The summed E-state index contributed by atoms with van der Waals surface area (Å²) < 4.78 is 7.57. The van der Waals surface area contributed by atoms with E-state index in [4.69, 9.17) is 0 Å². The normalized spacial score (nSPS) is 13.4. The zero-order valence-electron chi connectivity index (χ0n) is 28.1. The predicted octanol–water partition coefficient (Wildman–Crippen LogP) is 11.9. The van der Waals surface area contributed by atoms with Crippen LogP contribution in [0.4, 0.5) is 0 Å². The summed E-state index contributed by atoms with van der Waals surface area (Å²) in [5.74, 6) is 0. The van der Waals surface area contributed by atoms with E-state index < -0.39 is 21.3 Å². The fourth-order valence-electron chi connectivity index (χ4n) is 7.31. The second kappa shape index (κ2) is 14.6. The smallest absolute Gasteiger partial charge is 0.147 e. The molecule has 5 heteroatoms. The third kappa shape index (κ3) is 7.35. The van der Waals surface area contributed by atoms with E-state index >= 15 is 0 Å². The van der Waals surface area contributed by atoms with Gasteiger partial charge in [-0.3, -0.25) is 0 Å². The van der Waals surface area contributed by atoms with Gasteiger partial charge in [0.15, 0.2) is 0 Å². The molecular weight excluding hydrogens is 908 g/mol. The molecular formula is C41H44Cl2I2Zr. The van der Waals surface area contributed by atoms with Crippen LogP contribution in [0.15, 0.2) is 88.2 Å². The van der Waals surface area contributed by atoms with Crippen molar-refractivity contribution >= 4 is 76.5 Å². The first-order chi connectivity index (χ1) is 20.7. The standard InChI is InChI=1S/C23H29.C13H8I2.C5H5.2ClH.Zr/c1-14-9-16-11-17-10-15(2)21(23(6,7)8)13-19(17)18(16)12-20(14)22(3,4)5;14-12-5-1-10(2-6-12)9-11-3-7-13(15)8-4-11;1-2-4-5-3-1;;;/h9,12-13H,11H2,1-8H3;1-8H;1-3H,4H2;2*1H;. The predicted molar refractivity (Wildman–Crippen MR) is 219 cm³/mol. The Morgan fingerprint density at radius 2 is 1.22 bits per heavy atom. The average Bonchev–Trinajstić information content (AvgIpc) is 3.59. The molecule has 240 valence electrons. The summed E-state index contributed by atoms with van der Waals surface area (Å²) in [6.45, 7) is 19.0. The van der Waals surface area contributed by atoms with Gasteiger partial charge in [0.25, 0.3) is 0 Å². The molecule has 0 nitrogen and oxygen atoms in total. The van der Waals surface area contributed by atoms with Crippen LogP contribution in [0.1, 0.15) is 92.5 Å². The van der Waals surface area contributed by atoms with E-state index in [1.165, 1.54) is 57.2 Å². The summed E-state index contributed by atoms with van der Waals surface area (Å²) in [7, 11) is 0. The van der Waals surface area contributed by atoms with Crippen LogP contribution in [0.3, 0.4) is 0 Å². The minimum absolute atomic E-state index is 0. The number of hydrogen-bond donors (Lipinski definition) is 0. The Kier molecular flexibility index (Phi) is 12.0. The van der Waals surface area contributed by atoms with Crippen molar-refractivity contribution in [3.05, 3.63) is 140 Å². The number of halogens is 4. The molecule has 0 radical (unpaired) electrons. The minimum atomic E-state index is -2.76. The van der Waals surface area contributed by atoms with Crippen LogP contribution in [0.5, 0.6) is 0 Å². The van der Waals surface area contributed by atoms with E-state index in [0.29, 0.717) is 0 Å². The van der Waals surface area contributed by atoms with Crippen molar-refractivity contribution in [1.82, 2.24) is 0 Å². The Morgan fingerprint density at radius 3 is 1.70 bits per heavy atom. The molecule has 0 bridgehead atoms. The van der Waals surface area contributed by atoms with Crippen LogP contribution in [-0.2, 0) is 38.5 Å². The molecule has 6 rings (SSSR count). The molecule has 2 aliphatic carbocycles. The molecule has 0 aromatic heterocycles. The second-order valence-corrected chi connectivity index (χ2v) is 22.9. The topological polar surface area (TPSA) is 0 Å². The van der Waals surface area contributed by atoms with Gasteiger partial charge in [-0.1, -0.05) is 0 Å². The van der Waals surface area contributed by atoms with Crippen molar-refractivity contribution in [3.63, 3.8) is 0 Å². The Bertz CT molecular complexity index is 1830. The molecule has 0 unspecified atom stereocenters. The van der Waals surface area contributed by atoms with Crippen molar-refractivity contribution in [1.29, 1.82) is 0 Å². The van der Waals surface area contributed by atoms with Gasteiger partial charge in [0.1, 0.15) is 0 Å². The SMILES string of the molecule is Cc1cc2c(cc1C(C)(C)C)-c1cc(C(C)(C)C)c(C)[c]([Zr]([C]3=CC=CC3)=[C](c3ccc(I)cc3)c3ccc(I)cc3)c1C2.Cl.Cl. The van der Waals surface area contributed by atoms with Crippen LogP contribution in [0, 0.1) is 21.0 Å². The van der Waals surface area contributed by atoms with Crippen molar-refractivity contribution in [2.75, 3.05) is 0 Å². The van der Waals surface area contributed by atoms with Crippen LogP contribution >= 0.6 is 70.0 Å². The molecule has 0 heterocycles. The molecule has 0 fully saturated rings. The summed E-state index contributed by atoms with van der Waals surface area (Å²) in [4.78, 5) is 0. The maximum absolute atomic E-state index is 2.76. The quantitative estimate of drug-likeness (QED) is 0.158. The number of rotatable bonds is 4. The van der Waals surface area contributed by atoms with Crippen molar-refractivity contribution in [2.45, 2.75) is 79.1 Å². The van der Waals surface area contributed by atoms with Gasteiger partial charge >= 0.3 is 303 Å². The summed E-state index contributed by atoms with van der Waals surface area (Å²) in [5.41, 5.74) is 14.9. The number of aryl methyl sites for hydroxylation is 1. The van der Waals surface area contributed by atoms with Gasteiger partial charge < -0.3 is 0 Å². The maximum Gasteiger partial charge on any atom is -0.147 e. The molecule has 0 atom stereocenters. The molecule has 0 spiro atoms. The van der Waals surface area contributed by atoms with Crippen LogP contribution < -0.4 is 3.27 Å². The number of fused-ring (bicyclic) bond motifs is 3. The average molecular weight is 953 g/mol. The van der Waals surface area contributed by atoms with Crippen LogP contribution in [0.25, 0.3) is 11.1 Å². The third-order valence-electron chi connectivity index (χ3n) is 9.28. The van der Waals surface area contributed by atoms with E-state index in [0.717, 1.165) is 12.8 Å². The monoisotopic (exact) mass is 950 g/mol. The van der Waals surface area contributed by atoms with Crippen molar-refractivity contribution < 1.29 is 21.3 Å². The Labute approximate surface area is 324 Å². The molecule has 0 N–H and O–H groups in total. The van der Waals surface area contributed by atoms with E-state index in [1.807, 2.05) is 0 Å². The van der Waals surface area contributed by atoms with Gasteiger partial charge in [-0.25, -0.2) is 0 Å². The molecule has 0 aliphatic heterocycles. The van der Waals surface area contributed by atoms with Crippen LogP contribution in [-0.4, -0.2) is 3.21 Å². The number of allylic oxidation sites excluding steroid dienone is 4. The van der Waals surface area contributed by atoms with Gasteiger partial charge in [-0.2, -0.15) is 0 Å². The largest absolute Gasteiger partial charge is 0.147 e. The van der Waals surface area contributed by atoms with E-state index in [2.05, 4.69) is 186 Å². The van der Waals surface area contributed by atoms with Gasteiger partial charge in [-0.05, 0) is 0 Å². The van der Waals surface area contributed by atoms with Gasteiger partial charge in [0, 0.05) is 0 Å². The van der Waals surface area contributed by atoms with E-state index in [-0.39, 0.29) is 35.6 Å². The van der Waals surface area contributed by atoms with Gasteiger partial charge in [0.05, 0.1) is 0 Å². The first kappa shape index (κ1) is 38.0. The molecule has 0 saturated heterocycles. The zero-order valence-corrected chi connectivity index (χ0v) is 36.5. The Hall–Kier alpha value is -0.847. The molecule has 2 aliphatic rings. The number of hydrogen-bond acceptors (Lipinski definition) is 0. The first-order valence-electron chi connectivity index (χ1n) is 15.7. The summed E-state index contributed by atoms with van der Waals surface area (Å²) in [6.07, 6.45) is 9.28. The Balaban J connectivity index is 0.00000240. The van der Waals surface area contributed by atoms with Crippen molar-refractivity contribution in [2.24, 2.45) is 0 Å². The van der Waals surface area contributed by atoms with Crippen molar-refractivity contribution in [3.8, 4) is 11.1 Å². The minimum Gasteiger partial charge on any atom is -0.147 e. The Morgan fingerprint density at radius 1 is 0.696 bits per heavy atom. The summed E-state index contributed by atoms with van der Waals surface area (Å²) in [5, 5.41) is 0. The molecule has 46 heavy (non-hydrogen) atoms. The second-order valence-electron chi connectivity index (χ2n) is 14.5. The maximum atomic E-state index is 2.58. The number of benzene rings is 4.